The molecule has 1 N–H and O–H groups in total. The summed E-state index contributed by atoms with van der Waals surface area (Å²) >= 11 is 0. The maximum Gasteiger partial charge on any atom is 0.0952 e. The third-order valence-electron chi connectivity index (χ3n) is 2.72. The van der Waals surface area contributed by atoms with Gasteiger partial charge in [-0.15, -0.1) is 0 Å². The minimum atomic E-state index is 0.103. The highest BCUT2D eigenvalue weighted by Crippen LogP contribution is 2.20. The van der Waals surface area contributed by atoms with E-state index in [0.29, 0.717) is 13.2 Å². The molecule has 0 aliphatic heterocycles. The number of nitrogens with one attached hydrogen (secondary N) is 1. The van der Waals surface area contributed by atoms with Crippen molar-refractivity contribution >= 4 is 0 Å². The first-order valence-electron chi connectivity index (χ1n) is 6.16. The van der Waals surface area contributed by atoms with Crippen molar-refractivity contribution in [3.63, 3.8) is 0 Å². The van der Waals surface area contributed by atoms with Crippen LogP contribution in [-0.2, 0) is 9.47 Å². The van der Waals surface area contributed by atoms with Crippen LogP contribution in [0.2, 0.25) is 0 Å². The molecule has 1 rings (SSSR count). The largest absolute Gasteiger partial charge is 0.382 e. The normalized spacial score (nSPS) is 12.6. The summed E-state index contributed by atoms with van der Waals surface area (Å²) in [6.07, 6.45) is 0.103. The maximum atomic E-state index is 5.86. The van der Waals surface area contributed by atoms with Crippen molar-refractivity contribution in [2.75, 3.05) is 33.4 Å². The Bertz CT molecular complexity index is 315. The summed E-state index contributed by atoms with van der Waals surface area (Å²) in [5.74, 6) is 0. The molecule has 0 aromatic heterocycles. The van der Waals surface area contributed by atoms with E-state index >= 15 is 0 Å². The topological polar surface area (TPSA) is 30.5 Å². The third kappa shape index (κ3) is 4.86. The molecule has 0 fully saturated rings. The zero-order chi connectivity index (χ0) is 12.5. The van der Waals surface area contributed by atoms with Crippen LogP contribution in [0.1, 0.15) is 24.2 Å². The van der Waals surface area contributed by atoms with Crippen LogP contribution in [0.25, 0.3) is 0 Å². The van der Waals surface area contributed by atoms with E-state index in [-0.39, 0.29) is 6.10 Å². The van der Waals surface area contributed by atoms with Crippen molar-refractivity contribution in [3.8, 4) is 0 Å². The average molecular weight is 237 g/mol. The van der Waals surface area contributed by atoms with Crippen LogP contribution >= 0.6 is 0 Å². The second-order valence-electron chi connectivity index (χ2n) is 4.02. The SMILES string of the molecule is CCNCC(OCCOC)c1ccccc1C. The number of hydrogen-bond donors (Lipinski definition) is 1. The molecule has 0 saturated heterocycles. The van der Waals surface area contributed by atoms with Crippen LogP contribution in [-0.4, -0.2) is 33.4 Å². The molecule has 0 bridgehead atoms. The molecule has 1 unspecified atom stereocenters. The molecule has 1 aromatic carbocycles. The molecule has 0 amide bonds. The number of methoxy groups -OCH3 is 1. The number of benzene rings is 1. The van der Waals surface area contributed by atoms with E-state index in [2.05, 4.69) is 43.4 Å². The molecule has 0 heterocycles. The molecule has 0 radical (unpaired) electrons. The van der Waals surface area contributed by atoms with Gasteiger partial charge in [0.15, 0.2) is 0 Å². The van der Waals surface area contributed by atoms with Gasteiger partial charge in [0.2, 0.25) is 0 Å². The van der Waals surface area contributed by atoms with E-state index in [9.17, 15) is 0 Å². The van der Waals surface area contributed by atoms with Crippen molar-refractivity contribution in [2.24, 2.45) is 0 Å². The van der Waals surface area contributed by atoms with Gasteiger partial charge in [0.05, 0.1) is 19.3 Å². The Labute approximate surface area is 104 Å². The lowest BCUT2D eigenvalue weighted by Gasteiger charge is -2.20. The van der Waals surface area contributed by atoms with Crippen LogP contribution in [0.5, 0.6) is 0 Å². The van der Waals surface area contributed by atoms with Gasteiger partial charge in [0.1, 0.15) is 0 Å². The molecular formula is C14H23NO2. The van der Waals surface area contributed by atoms with Crippen molar-refractivity contribution in [1.29, 1.82) is 0 Å². The van der Waals surface area contributed by atoms with Gasteiger partial charge in [-0.25, -0.2) is 0 Å². The minimum Gasteiger partial charge on any atom is -0.382 e. The molecule has 17 heavy (non-hydrogen) atoms. The van der Waals surface area contributed by atoms with Gasteiger partial charge in [0, 0.05) is 13.7 Å². The van der Waals surface area contributed by atoms with Gasteiger partial charge in [-0.2, -0.15) is 0 Å². The van der Waals surface area contributed by atoms with E-state index in [4.69, 9.17) is 9.47 Å². The lowest BCUT2D eigenvalue weighted by atomic mass is 10.0. The first-order chi connectivity index (χ1) is 8.29. The Balaban J connectivity index is 2.64. The number of aryl methyl sites for hydroxylation is 1. The molecule has 3 heteroatoms. The first-order valence-corrected chi connectivity index (χ1v) is 6.16. The third-order valence-corrected chi connectivity index (χ3v) is 2.72. The summed E-state index contributed by atoms with van der Waals surface area (Å²) in [4.78, 5) is 0. The van der Waals surface area contributed by atoms with Crippen LogP contribution in [0, 0.1) is 6.92 Å². The first kappa shape index (κ1) is 14.2. The Morgan fingerprint density at radius 1 is 1.24 bits per heavy atom. The zero-order valence-corrected chi connectivity index (χ0v) is 11.0. The molecule has 1 atom stereocenters. The average Bonchev–Trinajstić information content (AvgIpc) is 2.35. The molecule has 96 valence electrons. The van der Waals surface area contributed by atoms with Crippen molar-refractivity contribution < 1.29 is 9.47 Å². The number of hydrogen-bond acceptors (Lipinski definition) is 3. The van der Waals surface area contributed by atoms with Gasteiger partial charge >= 0.3 is 0 Å². The summed E-state index contributed by atoms with van der Waals surface area (Å²) in [5.41, 5.74) is 2.53. The van der Waals surface area contributed by atoms with Crippen LogP contribution in [0.4, 0.5) is 0 Å². The van der Waals surface area contributed by atoms with Crippen molar-refractivity contribution in [2.45, 2.75) is 20.0 Å². The molecule has 3 nitrogen and oxygen atoms in total. The smallest absolute Gasteiger partial charge is 0.0952 e. The summed E-state index contributed by atoms with van der Waals surface area (Å²) in [6.45, 7) is 7.27. The molecule has 0 saturated carbocycles. The fourth-order valence-corrected chi connectivity index (χ4v) is 1.76. The Morgan fingerprint density at radius 2 is 2.00 bits per heavy atom. The van der Waals surface area contributed by atoms with E-state index in [1.165, 1.54) is 11.1 Å². The molecule has 0 aliphatic rings. The van der Waals surface area contributed by atoms with Crippen molar-refractivity contribution in [1.82, 2.24) is 5.32 Å². The van der Waals surface area contributed by atoms with Crippen LogP contribution in [0.3, 0.4) is 0 Å². The van der Waals surface area contributed by atoms with E-state index < -0.39 is 0 Å². The standard InChI is InChI=1S/C14H23NO2/c1-4-15-11-14(17-10-9-16-3)13-8-6-5-7-12(13)2/h5-8,14-15H,4,9-11H2,1-3H3. The molecular weight excluding hydrogens is 214 g/mol. The highest BCUT2D eigenvalue weighted by atomic mass is 16.5. The molecule has 0 aliphatic carbocycles. The van der Waals surface area contributed by atoms with Crippen molar-refractivity contribution in [3.05, 3.63) is 35.4 Å². The van der Waals surface area contributed by atoms with Gasteiger partial charge in [0.25, 0.3) is 0 Å². The van der Waals surface area contributed by atoms with Crippen LogP contribution in [0.15, 0.2) is 24.3 Å². The summed E-state index contributed by atoms with van der Waals surface area (Å²) in [7, 11) is 1.69. The monoisotopic (exact) mass is 237 g/mol. The minimum absolute atomic E-state index is 0.103. The number of rotatable bonds is 8. The summed E-state index contributed by atoms with van der Waals surface area (Å²) in [6, 6.07) is 8.36. The predicted octanol–water partition coefficient (Wildman–Crippen LogP) is 2.31. The fraction of sp³-hybridized carbons (Fsp3) is 0.571. The van der Waals surface area contributed by atoms with E-state index in [0.717, 1.165) is 13.1 Å². The highest BCUT2D eigenvalue weighted by molar-refractivity contribution is 5.28. The number of ether oxygens (including phenoxy) is 2. The molecule has 0 spiro atoms. The van der Waals surface area contributed by atoms with E-state index in [1.54, 1.807) is 7.11 Å². The van der Waals surface area contributed by atoms with Gasteiger partial charge in [-0.1, -0.05) is 31.2 Å². The van der Waals surface area contributed by atoms with Crippen LogP contribution < -0.4 is 5.32 Å². The Hall–Kier alpha value is -0.900. The van der Waals surface area contributed by atoms with Gasteiger partial charge < -0.3 is 14.8 Å². The quantitative estimate of drug-likeness (QED) is 0.704. The number of likely N-dealkylation sites (N-methyl/N-ethyl adjacent to an activating group) is 1. The van der Waals surface area contributed by atoms with E-state index in [1.807, 2.05) is 0 Å². The Kier molecular flexibility index (Phi) is 6.86. The fourth-order valence-electron chi connectivity index (χ4n) is 1.76. The summed E-state index contributed by atoms with van der Waals surface area (Å²) in [5, 5.41) is 3.34. The lowest BCUT2D eigenvalue weighted by molar-refractivity contribution is 0.0166. The lowest BCUT2D eigenvalue weighted by Crippen LogP contribution is -2.24. The van der Waals surface area contributed by atoms with Gasteiger partial charge in [-0.05, 0) is 24.6 Å². The molecule has 1 aromatic rings. The zero-order valence-electron chi connectivity index (χ0n) is 11.0. The Morgan fingerprint density at radius 3 is 2.65 bits per heavy atom. The predicted molar refractivity (Wildman–Crippen MR) is 70.3 cm³/mol. The second-order valence-corrected chi connectivity index (χ2v) is 4.02. The van der Waals surface area contributed by atoms with Gasteiger partial charge in [-0.3, -0.25) is 0 Å². The maximum absolute atomic E-state index is 5.86. The highest BCUT2D eigenvalue weighted by Gasteiger charge is 2.13. The summed E-state index contributed by atoms with van der Waals surface area (Å²) < 4.78 is 10.9. The second kappa shape index (κ2) is 8.23.